The van der Waals surface area contributed by atoms with E-state index in [2.05, 4.69) is 4.98 Å². The fourth-order valence-corrected chi connectivity index (χ4v) is 2.16. The van der Waals surface area contributed by atoms with Gasteiger partial charge in [-0.3, -0.25) is 0 Å². The smallest absolute Gasteiger partial charge is 0.292 e. The molecule has 1 aromatic rings. The maximum absolute atomic E-state index is 5.67. The second-order valence-electron chi connectivity index (χ2n) is 3.39. The van der Waals surface area contributed by atoms with Crippen molar-refractivity contribution in [3.63, 3.8) is 0 Å². The van der Waals surface area contributed by atoms with Crippen molar-refractivity contribution >= 4 is 11.6 Å². The van der Waals surface area contributed by atoms with E-state index < -0.39 is 0 Å². The van der Waals surface area contributed by atoms with Crippen LogP contribution in [0.2, 0.25) is 5.35 Å². The van der Waals surface area contributed by atoms with E-state index in [0.29, 0.717) is 5.92 Å². The summed E-state index contributed by atoms with van der Waals surface area (Å²) in [6, 6.07) is 0. The first-order valence-corrected chi connectivity index (χ1v) is 4.78. The highest BCUT2D eigenvalue weighted by atomic mass is 35.5. The van der Waals surface area contributed by atoms with Crippen molar-refractivity contribution in [1.82, 2.24) is 4.98 Å². The van der Waals surface area contributed by atoms with Gasteiger partial charge >= 0.3 is 0 Å². The number of nitrogens with zero attached hydrogens (tertiary/aromatic N) is 1. The number of hydrogen-bond donors (Lipinski definition) is 0. The summed E-state index contributed by atoms with van der Waals surface area (Å²) in [6.45, 7) is 1.94. The largest absolute Gasteiger partial charge is 0.433 e. The Morgan fingerprint density at radius 1 is 1.42 bits per heavy atom. The van der Waals surface area contributed by atoms with Gasteiger partial charge in [0.1, 0.15) is 5.76 Å². The summed E-state index contributed by atoms with van der Waals surface area (Å²) in [5.41, 5.74) is 1.08. The predicted octanol–water partition coefficient (Wildman–Crippen LogP) is 3.29. The molecule has 1 aliphatic carbocycles. The molecule has 0 unspecified atom stereocenters. The maximum Gasteiger partial charge on any atom is 0.292 e. The van der Waals surface area contributed by atoms with Gasteiger partial charge in [-0.25, -0.2) is 4.98 Å². The standard InChI is InChI=1S/C9H12ClNO/c1-6-8(11-9(10)12-6)7-4-2-3-5-7/h7H,2-5H2,1H3. The molecule has 0 amide bonds. The Labute approximate surface area is 76.9 Å². The molecular formula is C9H12ClNO. The summed E-state index contributed by atoms with van der Waals surface area (Å²) in [5, 5.41) is 0.286. The fourth-order valence-electron chi connectivity index (χ4n) is 1.95. The molecule has 1 saturated carbocycles. The van der Waals surface area contributed by atoms with Crippen molar-refractivity contribution in [2.24, 2.45) is 0 Å². The van der Waals surface area contributed by atoms with E-state index in [0.717, 1.165) is 11.5 Å². The van der Waals surface area contributed by atoms with Gasteiger partial charge in [0, 0.05) is 5.92 Å². The lowest BCUT2D eigenvalue weighted by Gasteiger charge is -2.03. The summed E-state index contributed by atoms with van der Waals surface area (Å²) in [4.78, 5) is 4.19. The van der Waals surface area contributed by atoms with E-state index in [1.54, 1.807) is 0 Å². The Balaban J connectivity index is 2.25. The Bertz CT molecular complexity index is 276. The molecule has 1 aromatic heterocycles. The quantitative estimate of drug-likeness (QED) is 0.671. The third kappa shape index (κ3) is 1.36. The summed E-state index contributed by atoms with van der Waals surface area (Å²) < 4.78 is 5.18. The Kier molecular flexibility index (Phi) is 2.09. The number of rotatable bonds is 1. The molecule has 0 atom stereocenters. The van der Waals surface area contributed by atoms with Crippen LogP contribution in [0.5, 0.6) is 0 Å². The van der Waals surface area contributed by atoms with Gasteiger partial charge < -0.3 is 4.42 Å². The molecule has 2 nitrogen and oxygen atoms in total. The van der Waals surface area contributed by atoms with Crippen LogP contribution in [0.15, 0.2) is 4.42 Å². The molecule has 0 bridgehead atoms. The minimum Gasteiger partial charge on any atom is -0.433 e. The number of aromatic nitrogens is 1. The molecule has 0 N–H and O–H groups in total. The molecule has 0 aliphatic heterocycles. The molecule has 1 heterocycles. The highest BCUT2D eigenvalue weighted by molar-refractivity contribution is 6.27. The van der Waals surface area contributed by atoms with Gasteiger partial charge in [-0.2, -0.15) is 0 Å². The summed E-state index contributed by atoms with van der Waals surface area (Å²) >= 11 is 5.67. The zero-order chi connectivity index (χ0) is 8.55. The molecule has 66 valence electrons. The number of oxazole rings is 1. The average Bonchev–Trinajstić information content (AvgIpc) is 2.58. The van der Waals surface area contributed by atoms with Crippen LogP contribution in [-0.4, -0.2) is 4.98 Å². The van der Waals surface area contributed by atoms with E-state index in [4.69, 9.17) is 16.0 Å². The topological polar surface area (TPSA) is 26.0 Å². The van der Waals surface area contributed by atoms with E-state index in [-0.39, 0.29) is 5.35 Å². The molecule has 0 saturated heterocycles. The van der Waals surface area contributed by atoms with Crippen molar-refractivity contribution < 1.29 is 4.42 Å². The van der Waals surface area contributed by atoms with Gasteiger partial charge in [-0.05, 0) is 31.4 Å². The minimum atomic E-state index is 0.286. The molecule has 0 aromatic carbocycles. The van der Waals surface area contributed by atoms with Gasteiger partial charge in [0.15, 0.2) is 0 Å². The molecule has 0 radical (unpaired) electrons. The summed E-state index contributed by atoms with van der Waals surface area (Å²) in [5.74, 6) is 1.49. The maximum atomic E-state index is 5.67. The van der Waals surface area contributed by atoms with Crippen LogP contribution in [0.3, 0.4) is 0 Å². The number of hydrogen-bond acceptors (Lipinski definition) is 2. The highest BCUT2D eigenvalue weighted by Crippen LogP contribution is 2.35. The first-order chi connectivity index (χ1) is 5.77. The average molecular weight is 186 g/mol. The second kappa shape index (κ2) is 3.09. The monoisotopic (exact) mass is 185 g/mol. The predicted molar refractivity (Wildman–Crippen MR) is 47.5 cm³/mol. The van der Waals surface area contributed by atoms with Gasteiger partial charge in [-0.1, -0.05) is 12.8 Å². The Morgan fingerprint density at radius 3 is 2.58 bits per heavy atom. The van der Waals surface area contributed by atoms with E-state index in [9.17, 15) is 0 Å². The van der Waals surface area contributed by atoms with Gasteiger partial charge in [-0.15, -0.1) is 0 Å². The van der Waals surface area contributed by atoms with Crippen LogP contribution in [0.4, 0.5) is 0 Å². The minimum absolute atomic E-state index is 0.286. The first-order valence-electron chi connectivity index (χ1n) is 4.40. The van der Waals surface area contributed by atoms with Crippen molar-refractivity contribution in [3.05, 3.63) is 16.8 Å². The Hall–Kier alpha value is -0.500. The van der Waals surface area contributed by atoms with Gasteiger partial charge in [0.05, 0.1) is 5.69 Å². The van der Waals surface area contributed by atoms with Crippen LogP contribution < -0.4 is 0 Å². The third-order valence-corrected chi connectivity index (χ3v) is 2.71. The van der Waals surface area contributed by atoms with Crippen LogP contribution in [0, 0.1) is 6.92 Å². The number of halogens is 1. The van der Waals surface area contributed by atoms with Crippen molar-refractivity contribution in [3.8, 4) is 0 Å². The lowest BCUT2D eigenvalue weighted by Crippen LogP contribution is -1.94. The van der Waals surface area contributed by atoms with E-state index in [1.807, 2.05) is 6.92 Å². The molecule has 3 heteroatoms. The van der Waals surface area contributed by atoms with E-state index in [1.165, 1.54) is 25.7 Å². The lowest BCUT2D eigenvalue weighted by molar-refractivity contribution is 0.522. The zero-order valence-electron chi connectivity index (χ0n) is 7.14. The highest BCUT2D eigenvalue weighted by Gasteiger charge is 2.22. The van der Waals surface area contributed by atoms with E-state index >= 15 is 0 Å². The summed E-state index contributed by atoms with van der Waals surface area (Å²) in [7, 11) is 0. The lowest BCUT2D eigenvalue weighted by atomic mass is 10.0. The third-order valence-electron chi connectivity index (χ3n) is 2.55. The van der Waals surface area contributed by atoms with Crippen LogP contribution >= 0.6 is 11.6 Å². The fraction of sp³-hybridized carbons (Fsp3) is 0.667. The van der Waals surface area contributed by atoms with Crippen molar-refractivity contribution in [1.29, 1.82) is 0 Å². The molecule has 2 rings (SSSR count). The van der Waals surface area contributed by atoms with Gasteiger partial charge in [0.2, 0.25) is 0 Å². The van der Waals surface area contributed by atoms with Crippen LogP contribution in [-0.2, 0) is 0 Å². The van der Waals surface area contributed by atoms with Gasteiger partial charge in [0.25, 0.3) is 5.35 Å². The normalized spacial score (nSPS) is 18.8. The zero-order valence-corrected chi connectivity index (χ0v) is 7.90. The number of aryl methyl sites for hydroxylation is 1. The molecule has 1 fully saturated rings. The van der Waals surface area contributed by atoms with Crippen LogP contribution in [0.1, 0.15) is 43.1 Å². The van der Waals surface area contributed by atoms with Crippen molar-refractivity contribution in [2.45, 2.75) is 38.5 Å². The SMILES string of the molecule is Cc1oc(Cl)nc1C1CCCC1. The van der Waals surface area contributed by atoms with Crippen LogP contribution in [0.25, 0.3) is 0 Å². The van der Waals surface area contributed by atoms with Crippen molar-refractivity contribution in [2.75, 3.05) is 0 Å². The first kappa shape index (κ1) is 8.11. The molecule has 12 heavy (non-hydrogen) atoms. The molecule has 1 aliphatic rings. The molecule has 0 spiro atoms. The Morgan fingerprint density at radius 2 is 2.08 bits per heavy atom. The molecular weight excluding hydrogens is 174 g/mol. The second-order valence-corrected chi connectivity index (χ2v) is 3.71. The summed E-state index contributed by atoms with van der Waals surface area (Å²) in [6.07, 6.45) is 5.11.